The molecule has 6 nitrogen and oxygen atoms in total. The molecule has 1 N–H and O–H groups in total. The van der Waals surface area contributed by atoms with E-state index in [9.17, 15) is 9.90 Å². The highest BCUT2D eigenvalue weighted by Crippen LogP contribution is 2.10. The molecule has 0 atom stereocenters. The van der Waals surface area contributed by atoms with Gasteiger partial charge in [-0.05, 0) is 6.07 Å². The Labute approximate surface area is 73.5 Å². The molecule has 0 spiro atoms. The largest absolute Gasteiger partial charge is 0.872 e. The van der Waals surface area contributed by atoms with Gasteiger partial charge in [0.05, 0.1) is 5.56 Å². The number of aromatic carboxylic acids is 1. The molecule has 0 radical (unpaired) electrons. The van der Waals surface area contributed by atoms with Gasteiger partial charge in [-0.2, -0.15) is 0 Å². The molecule has 0 aliphatic heterocycles. The van der Waals surface area contributed by atoms with Crippen LogP contribution in [0.2, 0.25) is 0 Å². The van der Waals surface area contributed by atoms with Crippen LogP contribution in [-0.2, 0) is 0 Å². The molecule has 0 fully saturated rings. The molecule has 0 unspecified atom stereocenters. The second-order valence-corrected chi connectivity index (χ2v) is 1.89. The highest BCUT2D eigenvalue weighted by Gasteiger charge is 1.99. The van der Waals surface area contributed by atoms with E-state index in [1.54, 1.807) is 0 Å². The van der Waals surface area contributed by atoms with Crippen LogP contribution in [0.3, 0.4) is 0 Å². The maximum absolute atomic E-state index is 10.7. The summed E-state index contributed by atoms with van der Waals surface area (Å²) < 4.78 is 0. The third-order valence-corrected chi connectivity index (χ3v) is 1.12. The van der Waals surface area contributed by atoms with Crippen LogP contribution in [0.1, 0.15) is 10.4 Å². The second kappa shape index (κ2) is 5.45. The number of carboxylic acid groups (broad SMARTS) is 1. The van der Waals surface area contributed by atoms with Gasteiger partial charge in [0.25, 0.3) is 0 Å². The highest BCUT2D eigenvalue weighted by atomic mass is 16.4. The summed E-state index contributed by atoms with van der Waals surface area (Å²) in [6.07, 6.45) is 0. The first-order chi connectivity index (χ1) is 6.13. The molecule has 13 heavy (non-hydrogen) atoms. The molecule has 1 aromatic rings. The molecular formula is C7H5N3O3-2. The van der Waals surface area contributed by atoms with Crippen molar-refractivity contribution in [1.29, 1.82) is 0 Å². The van der Waals surface area contributed by atoms with Crippen molar-refractivity contribution in [3.63, 3.8) is 0 Å². The first-order valence-electron chi connectivity index (χ1n) is 3.11. The summed E-state index contributed by atoms with van der Waals surface area (Å²) >= 11 is 0. The molecule has 0 saturated heterocycles. The molecule has 0 bridgehead atoms. The molecule has 68 valence electrons. The zero-order chi connectivity index (χ0) is 10.3. The van der Waals surface area contributed by atoms with Crippen molar-refractivity contribution in [2.75, 3.05) is 0 Å². The zero-order valence-electron chi connectivity index (χ0n) is 6.41. The van der Waals surface area contributed by atoms with Crippen molar-refractivity contribution in [2.45, 2.75) is 0 Å². The molecule has 1 rings (SSSR count). The minimum atomic E-state index is -1.18. The summed E-state index contributed by atoms with van der Waals surface area (Å²) in [7, 11) is 0. The maximum atomic E-state index is 10.7. The lowest BCUT2D eigenvalue weighted by Gasteiger charge is -2.07. The van der Waals surface area contributed by atoms with Gasteiger partial charge >= 0.3 is 5.97 Å². The third-order valence-electron chi connectivity index (χ3n) is 1.12. The van der Waals surface area contributed by atoms with E-state index in [1.807, 2.05) is 0 Å². The van der Waals surface area contributed by atoms with Crippen molar-refractivity contribution in [3.8, 4) is 5.75 Å². The predicted molar refractivity (Wildman–Crippen MR) is 42.9 cm³/mol. The van der Waals surface area contributed by atoms with Gasteiger partial charge in [0.15, 0.2) is 0 Å². The summed E-state index contributed by atoms with van der Waals surface area (Å²) in [4.78, 5) is 11.7. The number of nitrogens with zero attached hydrogens (tertiary/aromatic N) is 3. The maximum Gasteiger partial charge on any atom is 0.335 e. The average molecular weight is 179 g/mol. The fourth-order valence-electron chi connectivity index (χ4n) is 0.643. The Morgan fingerprint density at radius 2 is 1.85 bits per heavy atom. The molecule has 0 aromatic heterocycles. The van der Waals surface area contributed by atoms with E-state index in [-0.39, 0.29) is 5.56 Å². The molecule has 6 heteroatoms. The number of benzene rings is 1. The fraction of sp³-hybridized carbons (Fsp3) is 0. The molecule has 0 aliphatic carbocycles. The minimum absolute atomic E-state index is 0.178. The van der Waals surface area contributed by atoms with Gasteiger partial charge in [-0.3, -0.25) is 4.91 Å². The Hall–Kier alpha value is -2.20. The van der Waals surface area contributed by atoms with Crippen LogP contribution in [0.25, 0.3) is 16.0 Å². The summed E-state index contributed by atoms with van der Waals surface area (Å²) in [6.45, 7) is 0. The van der Waals surface area contributed by atoms with E-state index < -0.39 is 11.7 Å². The fourth-order valence-corrected chi connectivity index (χ4v) is 0.643. The van der Waals surface area contributed by atoms with Crippen LogP contribution in [0, 0.1) is 0 Å². The third kappa shape index (κ3) is 3.64. The van der Waals surface area contributed by atoms with E-state index in [2.05, 4.69) is 0 Å². The van der Waals surface area contributed by atoms with Gasteiger partial charge in [-0.25, -0.2) is 4.79 Å². The van der Waals surface area contributed by atoms with Gasteiger partial charge in [-0.1, -0.05) is 23.9 Å². The first kappa shape index (κ1) is 10.8. The van der Waals surface area contributed by atoms with Gasteiger partial charge in [0, 0.05) is 0 Å². The SMILES string of the molecule is O=C(O)c1ccccc1[O-].[N-]=[N+]=[N-]. The Balaban J connectivity index is 0.000000424. The van der Waals surface area contributed by atoms with Crippen LogP contribution >= 0.6 is 0 Å². The lowest BCUT2D eigenvalue weighted by atomic mass is 10.2. The quantitative estimate of drug-likeness (QED) is 0.397. The Kier molecular flexibility index (Phi) is 4.53. The van der Waals surface area contributed by atoms with Crippen molar-refractivity contribution < 1.29 is 15.0 Å². The highest BCUT2D eigenvalue weighted by molar-refractivity contribution is 5.90. The van der Waals surface area contributed by atoms with E-state index in [1.165, 1.54) is 29.2 Å². The molecule has 0 heterocycles. The number of carbonyl (C=O) groups is 1. The molecule has 0 aliphatic rings. The second-order valence-electron chi connectivity index (χ2n) is 1.89. The summed E-state index contributed by atoms with van der Waals surface area (Å²) in [5, 5.41) is 19.0. The smallest absolute Gasteiger partial charge is 0.335 e. The molecule has 0 amide bonds. The van der Waals surface area contributed by atoms with E-state index in [0.29, 0.717) is 0 Å². The van der Waals surface area contributed by atoms with Crippen LogP contribution in [0.5, 0.6) is 5.75 Å². The van der Waals surface area contributed by atoms with Crippen LogP contribution in [-0.4, -0.2) is 11.1 Å². The van der Waals surface area contributed by atoms with Crippen molar-refractivity contribution >= 4 is 5.97 Å². The number of para-hydroxylation sites is 1. The van der Waals surface area contributed by atoms with Gasteiger partial charge < -0.3 is 21.3 Å². The lowest BCUT2D eigenvalue weighted by Crippen LogP contribution is -2.02. The van der Waals surface area contributed by atoms with Gasteiger partial charge in [0.1, 0.15) is 0 Å². The van der Waals surface area contributed by atoms with Crippen molar-refractivity contribution in [3.05, 3.63) is 45.8 Å². The first-order valence-corrected chi connectivity index (χ1v) is 3.11. The Morgan fingerprint density at radius 1 is 1.38 bits per heavy atom. The van der Waals surface area contributed by atoms with Gasteiger partial charge in [-0.15, -0.1) is 0 Å². The van der Waals surface area contributed by atoms with Crippen LogP contribution < -0.4 is 5.11 Å². The number of hydrogen-bond acceptors (Lipinski definition) is 2. The van der Waals surface area contributed by atoms with E-state index >= 15 is 0 Å². The molecular weight excluding hydrogens is 174 g/mol. The topological polar surface area (TPSA) is 119 Å². The van der Waals surface area contributed by atoms with Crippen LogP contribution in [0.15, 0.2) is 24.3 Å². The summed E-state index contributed by atoms with van der Waals surface area (Å²) in [5.41, 5.74) is 13.3. The van der Waals surface area contributed by atoms with Gasteiger partial charge in [0.2, 0.25) is 0 Å². The Morgan fingerprint density at radius 3 is 2.15 bits per heavy atom. The minimum Gasteiger partial charge on any atom is -0.872 e. The average Bonchev–Trinajstić information content (AvgIpc) is 2.06. The van der Waals surface area contributed by atoms with Crippen molar-refractivity contribution in [2.24, 2.45) is 0 Å². The zero-order valence-corrected chi connectivity index (χ0v) is 6.41. The van der Waals surface area contributed by atoms with Crippen LogP contribution in [0.4, 0.5) is 0 Å². The molecule has 1 aromatic carbocycles. The number of hydrogen-bond donors (Lipinski definition) is 1. The van der Waals surface area contributed by atoms with E-state index in [4.69, 9.17) is 16.2 Å². The summed E-state index contributed by atoms with van der Waals surface area (Å²) in [5.74, 6) is -1.62. The Bertz CT molecular complexity index is 332. The number of rotatable bonds is 1. The van der Waals surface area contributed by atoms with Crippen molar-refractivity contribution in [1.82, 2.24) is 0 Å². The number of carboxylic acids is 1. The van der Waals surface area contributed by atoms with E-state index in [0.717, 1.165) is 0 Å². The molecule has 0 saturated carbocycles. The lowest BCUT2D eigenvalue weighted by molar-refractivity contribution is -0.268. The summed E-state index contributed by atoms with van der Waals surface area (Å²) in [6, 6.07) is 5.54. The normalized spacial score (nSPS) is 7.69. The standard InChI is InChI=1S/C7H6O3.N3/c8-6-4-2-1-3-5(6)7(9)10;1-3-2/h1-4,8H,(H,9,10);/q;-1/p-1. The predicted octanol–water partition coefficient (Wildman–Crippen LogP) is 1.32. The monoisotopic (exact) mass is 179 g/mol.